The monoisotopic (exact) mass is 360 g/mol. The minimum absolute atomic E-state index is 0.111. The Bertz CT molecular complexity index is 628. The Morgan fingerprint density at radius 2 is 1.73 bits per heavy atom. The van der Waals surface area contributed by atoms with Crippen molar-refractivity contribution in [2.24, 2.45) is 0 Å². The highest BCUT2D eigenvalue weighted by atomic mass is 79.9. The van der Waals surface area contributed by atoms with Gasteiger partial charge in [0.05, 0.1) is 0 Å². The first-order valence-electron chi connectivity index (χ1n) is 7.46. The van der Waals surface area contributed by atoms with Gasteiger partial charge in [-0.15, -0.1) is 0 Å². The van der Waals surface area contributed by atoms with Crippen molar-refractivity contribution in [2.45, 2.75) is 19.8 Å². The second-order valence-electron chi connectivity index (χ2n) is 5.26. The molecule has 0 aliphatic rings. The van der Waals surface area contributed by atoms with Gasteiger partial charge in [0.15, 0.2) is 0 Å². The Balaban J connectivity index is 1.65. The third-order valence-electron chi connectivity index (χ3n) is 3.42. The zero-order chi connectivity index (χ0) is 15.8. The Labute approximate surface area is 140 Å². The van der Waals surface area contributed by atoms with Gasteiger partial charge in [-0.2, -0.15) is 0 Å². The van der Waals surface area contributed by atoms with E-state index in [1.165, 1.54) is 16.7 Å². The van der Waals surface area contributed by atoms with Crippen molar-refractivity contribution in [3.8, 4) is 0 Å². The van der Waals surface area contributed by atoms with Gasteiger partial charge in [0.1, 0.15) is 0 Å². The van der Waals surface area contributed by atoms with Crippen LogP contribution in [0.15, 0.2) is 53.0 Å². The number of urea groups is 1. The summed E-state index contributed by atoms with van der Waals surface area (Å²) in [7, 11) is 0. The van der Waals surface area contributed by atoms with Crippen LogP contribution >= 0.6 is 15.9 Å². The zero-order valence-electron chi connectivity index (χ0n) is 12.7. The second kappa shape index (κ2) is 8.59. The number of carbonyl (C=O) groups excluding carboxylic acids is 1. The average Bonchev–Trinajstić information content (AvgIpc) is 2.49. The molecule has 0 bridgehead atoms. The number of amides is 2. The van der Waals surface area contributed by atoms with E-state index in [1.807, 2.05) is 24.3 Å². The van der Waals surface area contributed by atoms with E-state index in [1.54, 1.807) is 0 Å². The molecule has 0 aliphatic heterocycles. The Hall–Kier alpha value is -1.81. The van der Waals surface area contributed by atoms with Crippen LogP contribution in [0.3, 0.4) is 0 Å². The van der Waals surface area contributed by atoms with Crippen LogP contribution in [0, 0.1) is 6.92 Å². The third-order valence-corrected chi connectivity index (χ3v) is 4.19. The van der Waals surface area contributed by atoms with Gasteiger partial charge in [-0.05, 0) is 37.0 Å². The molecule has 2 amide bonds. The van der Waals surface area contributed by atoms with E-state index in [9.17, 15) is 4.79 Å². The lowest BCUT2D eigenvalue weighted by atomic mass is 10.1. The fraction of sp³-hybridized carbons (Fsp3) is 0.278. The predicted molar refractivity (Wildman–Crippen MR) is 94.1 cm³/mol. The molecule has 2 N–H and O–H groups in total. The molecule has 4 heteroatoms. The summed E-state index contributed by atoms with van der Waals surface area (Å²) in [6, 6.07) is 16.3. The first kappa shape index (κ1) is 16.6. The summed E-state index contributed by atoms with van der Waals surface area (Å²) in [5.41, 5.74) is 3.69. The average molecular weight is 361 g/mol. The van der Waals surface area contributed by atoms with Gasteiger partial charge in [-0.3, -0.25) is 0 Å². The highest BCUT2D eigenvalue weighted by Gasteiger charge is 2.02. The molecule has 0 saturated carbocycles. The van der Waals surface area contributed by atoms with E-state index in [4.69, 9.17) is 0 Å². The van der Waals surface area contributed by atoms with Crippen molar-refractivity contribution in [3.63, 3.8) is 0 Å². The highest BCUT2D eigenvalue weighted by Crippen LogP contribution is 2.15. The molecule has 3 nitrogen and oxygen atoms in total. The smallest absolute Gasteiger partial charge is 0.314 e. The molecule has 0 atom stereocenters. The van der Waals surface area contributed by atoms with E-state index in [2.05, 4.69) is 57.8 Å². The quantitative estimate of drug-likeness (QED) is 0.807. The van der Waals surface area contributed by atoms with Gasteiger partial charge in [-0.1, -0.05) is 64.0 Å². The van der Waals surface area contributed by atoms with Gasteiger partial charge in [0, 0.05) is 17.6 Å². The van der Waals surface area contributed by atoms with Gasteiger partial charge < -0.3 is 10.6 Å². The second-order valence-corrected chi connectivity index (χ2v) is 6.12. The van der Waals surface area contributed by atoms with Crippen LogP contribution in [-0.2, 0) is 12.8 Å². The maximum absolute atomic E-state index is 11.7. The van der Waals surface area contributed by atoms with Gasteiger partial charge in [-0.25, -0.2) is 4.79 Å². The fourth-order valence-electron chi connectivity index (χ4n) is 2.26. The highest BCUT2D eigenvalue weighted by molar-refractivity contribution is 9.10. The molecule has 0 spiro atoms. The topological polar surface area (TPSA) is 41.1 Å². The van der Waals surface area contributed by atoms with Crippen molar-refractivity contribution in [1.29, 1.82) is 0 Å². The molecule has 0 radical (unpaired) electrons. The molecule has 0 aromatic heterocycles. The molecule has 0 unspecified atom stereocenters. The molecule has 0 heterocycles. The summed E-state index contributed by atoms with van der Waals surface area (Å²) in [6.45, 7) is 3.34. The molecule has 0 saturated heterocycles. The lowest BCUT2D eigenvalue weighted by Crippen LogP contribution is -2.37. The number of nitrogens with one attached hydrogen (secondary N) is 2. The van der Waals surface area contributed by atoms with Crippen LogP contribution in [0.2, 0.25) is 0 Å². The summed E-state index contributed by atoms with van der Waals surface area (Å²) in [5.74, 6) is 0. The van der Waals surface area contributed by atoms with Gasteiger partial charge in [0.25, 0.3) is 0 Å². The molecule has 0 fully saturated rings. The first-order chi connectivity index (χ1) is 10.6. The third kappa shape index (κ3) is 5.53. The van der Waals surface area contributed by atoms with Crippen molar-refractivity contribution < 1.29 is 4.79 Å². The minimum atomic E-state index is -0.111. The van der Waals surface area contributed by atoms with E-state index < -0.39 is 0 Å². The summed E-state index contributed by atoms with van der Waals surface area (Å²) < 4.78 is 1.08. The molecular weight excluding hydrogens is 340 g/mol. The van der Waals surface area contributed by atoms with E-state index in [-0.39, 0.29) is 6.03 Å². The SMILES string of the molecule is Cc1cccc(CCNC(=O)NCCc2ccccc2Br)c1. The van der Waals surface area contributed by atoms with Crippen LogP contribution in [0.4, 0.5) is 4.79 Å². The van der Waals surface area contributed by atoms with Crippen LogP contribution in [0.25, 0.3) is 0 Å². The van der Waals surface area contributed by atoms with Crippen molar-refractivity contribution in [2.75, 3.05) is 13.1 Å². The predicted octanol–water partition coefficient (Wildman–Crippen LogP) is 3.84. The molecule has 2 aromatic carbocycles. The molecule has 2 aromatic rings. The Morgan fingerprint density at radius 1 is 1.00 bits per heavy atom. The van der Waals surface area contributed by atoms with Gasteiger partial charge >= 0.3 is 6.03 Å². The minimum Gasteiger partial charge on any atom is -0.338 e. The normalized spacial score (nSPS) is 10.3. The van der Waals surface area contributed by atoms with Crippen LogP contribution < -0.4 is 10.6 Å². The molecule has 22 heavy (non-hydrogen) atoms. The van der Waals surface area contributed by atoms with E-state index >= 15 is 0 Å². The molecule has 2 rings (SSSR count). The lowest BCUT2D eigenvalue weighted by molar-refractivity contribution is 0.241. The number of hydrogen-bond donors (Lipinski definition) is 2. The van der Waals surface area contributed by atoms with Crippen LogP contribution in [0.5, 0.6) is 0 Å². The number of rotatable bonds is 6. The number of hydrogen-bond acceptors (Lipinski definition) is 1. The maximum Gasteiger partial charge on any atom is 0.314 e. The maximum atomic E-state index is 11.7. The molecule has 0 aliphatic carbocycles. The van der Waals surface area contributed by atoms with Crippen molar-refractivity contribution in [3.05, 3.63) is 69.7 Å². The Kier molecular flexibility index (Phi) is 6.46. The Morgan fingerprint density at radius 3 is 2.45 bits per heavy atom. The molecular formula is C18H21BrN2O. The number of aryl methyl sites for hydroxylation is 1. The summed E-state index contributed by atoms with van der Waals surface area (Å²) in [6.07, 6.45) is 1.66. The van der Waals surface area contributed by atoms with Gasteiger partial charge in [0.2, 0.25) is 0 Å². The van der Waals surface area contributed by atoms with E-state index in [0.717, 1.165) is 17.3 Å². The fourth-order valence-corrected chi connectivity index (χ4v) is 2.75. The summed E-state index contributed by atoms with van der Waals surface area (Å²) in [4.78, 5) is 11.7. The van der Waals surface area contributed by atoms with Crippen LogP contribution in [0.1, 0.15) is 16.7 Å². The summed E-state index contributed by atoms with van der Waals surface area (Å²) in [5, 5.41) is 5.77. The zero-order valence-corrected chi connectivity index (χ0v) is 14.3. The number of halogens is 1. The number of benzene rings is 2. The van der Waals surface area contributed by atoms with Crippen molar-refractivity contribution in [1.82, 2.24) is 10.6 Å². The van der Waals surface area contributed by atoms with E-state index in [0.29, 0.717) is 13.1 Å². The molecule has 116 valence electrons. The standard InChI is InChI=1S/C18H21BrN2O/c1-14-5-4-6-15(13-14)9-11-20-18(22)21-12-10-16-7-2-3-8-17(16)19/h2-8,13H,9-12H2,1H3,(H2,20,21,22). The van der Waals surface area contributed by atoms with Crippen molar-refractivity contribution >= 4 is 22.0 Å². The summed E-state index contributed by atoms with van der Waals surface area (Å²) >= 11 is 3.51. The first-order valence-corrected chi connectivity index (χ1v) is 8.25. The van der Waals surface area contributed by atoms with Crippen LogP contribution in [-0.4, -0.2) is 19.1 Å². The number of carbonyl (C=O) groups is 1. The largest absolute Gasteiger partial charge is 0.338 e. The lowest BCUT2D eigenvalue weighted by Gasteiger charge is -2.09.